The van der Waals surface area contributed by atoms with Crippen LogP contribution in [0.5, 0.6) is 23.0 Å². The zero-order valence-electron chi connectivity index (χ0n) is 15.5. The number of hydrogen-bond acceptors (Lipinski definition) is 6. The number of carbonyl (C=O) groups is 2. The molecule has 0 unspecified atom stereocenters. The number of carbonyl (C=O) groups excluding carboxylic acids is 2. The lowest BCUT2D eigenvalue weighted by molar-refractivity contribution is -0.120. The summed E-state index contributed by atoms with van der Waals surface area (Å²) in [5, 5.41) is 2.69. The molecule has 0 aromatic heterocycles. The van der Waals surface area contributed by atoms with Crippen LogP contribution in [-0.2, 0) is 4.79 Å². The smallest absolute Gasteiger partial charge is 0.255 e. The number of primary amides is 1. The second kappa shape index (κ2) is 10.0. The minimum atomic E-state index is -0.660. The normalized spacial score (nSPS) is 10.1. The van der Waals surface area contributed by atoms with Crippen LogP contribution in [-0.4, -0.2) is 45.8 Å². The number of amides is 2. The summed E-state index contributed by atoms with van der Waals surface area (Å²) in [6.45, 7) is 0.0607. The number of rotatable bonds is 10. The third kappa shape index (κ3) is 5.76. The number of hydrogen-bond donors (Lipinski definition) is 2. The molecule has 0 atom stereocenters. The van der Waals surface area contributed by atoms with Gasteiger partial charge in [0.05, 0.1) is 20.8 Å². The van der Waals surface area contributed by atoms with E-state index in [4.69, 9.17) is 24.7 Å². The van der Waals surface area contributed by atoms with Crippen molar-refractivity contribution < 1.29 is 32.9 Å². The largest absolute Gasteiger partial charge is 0.493 e. The Bertz CT molecular complexity index is 801. The van der Waals surface area contributed by atoms with E-state index in [1.165, 1.54) is 50.6 Å². The van der Waals surface area contributed by atoms with Gasteiger partial charge in [0.15, 0.2) is 18.1 Å². The first kappa shape index (κ1) is 20.8. The summed E-state index contributed by atoms with van der Waals surface area (Å²) in [4.78, 5) is 23.3. The van der Waals surface area contributed by atoms with Crippen molar-refractivity contribution in [3.63, 3.8) is 0 Å². The Labute approximate surface area is 161 Å². The summed E-state index contributed by atoms with van der Waals surface area (Å²) in [6.07, 6.45) is 0. The summed E-state index contributed by atoms with van der Waals surface area (Å²) >= 11 is 0. The van der Waals surface area contributed by atoms with Crippen molar-refractivity contribution in [2.45, 2.75) is 0 Å². The van der Waals surface area contributed by atoms with Crippen LogP contribution in [0.1, 0.15) is 10.4 Å². The summed E-state index contributed by atoms with van der Waals surface area (Å²) in [7, 11) is 2.79. The molecular weight excluding hydrogens is 371 g/mol. The van der Waals surface area contributed by atoms with Crippen LogP contribution in [0.15, 0.2) is 36.4 Å². The first-order chi connectivity index (χ1) is 13.4. The van der Waals surface area contributed by atoms with Crippen LogP contribution in [0, 0.1) is 5.82 Å². The van der Waals surface area contributed by atoms with Crippen molar-refractivity contribution >= 4 is 11.8 Å². The van der Waals surface area contributed by atoms with Gasteiger partial charge in [0.1, 0.15) is 18.2 Å². The molecule has 0 saturated heterocycles. The van der Waals surface area contributed by atoms with Crippen molar-refractivity contribution in [1.29, 1.82) is 0 Å². The van der Waals surface area contributed by atoms with E-state index in [1.807, 2.05) is 0 Å². The fourth-order valence-corrected chi connectivity index (χ4v) is 2.26. The van der Waals surface area contributed by atoms with Gasteiger partial charge in [0.2, 0.25) is 5.75 Å². The molecule has 28 heavy (non-hydrogen) atoms. The molecule has 0 radical (unpaired) electrons. The van der Waals surface area contributed by atoms with E-state index < -0.39 is 5.91 Å². The van der Waals surface area contributed by atoms with Gasteiger partial charge in [-0.2, -0.15) is 0 Å². The first-order valence-corrected chi connectivity index (χ1v) is 8.28. The van der Waals surface area contributed by atoms with Crippen LogP contribution >= 0.6 is 0 Å². The molecule has 0 fully saturated rings. The Balaban J connectivity index is 1.99. The van der Waals surface area contributed by atoms with Gasteiger partial charge in [0, 0.05) is 5.56 Å². The number of halogens is 1. The highest BCUT2D eigenvalue weighted by molar-refractivity contribution is 5.95. The molecule has 0 heterocycles. The second-order valence-electron chi connectivity index (χ2n) is 5.52. The molecule has 0 aliphatic heterocycles. The molecule has 9 heteroatoms. The van der Waals surface area contributed by atoms with Crippen LogP contribution in [0.4, 0.5) is 4.39 Å². The van der Waals surface area contributed by atoms with Gasteiger partial charge in [0.25, 0.3) is 11.8 Å². The third-order valence-electron chi connectivity index (χ3n) is 3.55. The average Bonchev–Trinajstić information content (AvgIpc) is 2.69. The third-order valence-corrected chi connectivity index (χ3v) is 3.55. The lowest BCUT2D eigenvalue weighted by atomic mass is 10.1. The SMILES string of the molecule is COc1cc(C(=O)NCCOc2ccc(F)cc2)cc(OC)c1OCC(N)=O. The Kier molecular flexibility index (Phi) is 7.44. The average molecular weight is 392 g/mol. The quantitative estimate of drug-likeness (QED) is 0.594. The monoisotopic (exact) mass is 392 g/mol. The van der Waals surface area contributed by atoms with Crippen molar-refractivity contribution in [2.75, 3.05) is 34.0 Å². The summed E-state index contributed by atoms with van der Waals surface area (Å²) in [5.41, 5.74) is 5.34. The molecule has 8 nitrogen and oxygen atoms in total. The van der Waals surface area contributed by atoms with Gasteiger partial charge in [-0.25, -0.2) is 4.39 Å². The van der Waals surface area contributed by atoms with Crippen molar-refractivity contribution in [1.82, 2.24) is 5.32 Å². The molecule has 2 amide bonds. The Morgan fingerprint density at radius 3 is 2.18 bits per heavy atom. The van der Waals surface area contributed by atoms with Crippen LogP contribution in [0.3, 0.4) is 0 Å². The molecule has 0 aliphatic rings. The van der Waals surface area contributed by atoms with Crippen molar-refractivity contribution in [3.05, 3.63) is 47.8 Å². The highest BCUT2D eigenvalue weighted by atomic mass is 19.1. The van der Waals surface area contributed by atoms with E-state index in [0.717, 1.165) is 0 Å². The maximum Gasteiger partial charge on any atom is 0.255 e. The maximum atomic E-state index is 12.8. The molecule has 0 spiro atoms. The highest BCUT2D eigenvalue weighted by Crippen LogP contribution is 2.38. The van der Waals surface area contributed by atoms with Gasteiger partial charge >= 0.3 is 0 Å². The topological polar surface area (TPSA) is 109 Å². The minimum absolute atomic E-state index is 0.167. The fourth-order valence-electron chi connectivity index (χ4n) is 2.26. The zero-order valence-corrected chi connectivity index (χ0v) is 15.5. The van der Waals surface area contributed by atoms with Crippen LogP contribution in [0.25, 0.3) is 0 Å². The number of nitrogens with one attached hydrogen (secondary N) is 1. The lowest BCUT2D eigenvalue weighted by Gasteiger charge is -2.15. The van der Waals surface area contributed by atoms with Gasteiger partial charge in [-0.05, 0) is 36.4 Å². The molecule has 0 bridgehead atoms. The van der Waals surface area contributed by atoms with Crippen molar-refractivity contribution in [2.24, 2.45) is 5.73 Å². The molecule has 0 aliphatic carbocycles. The molecule has 3 N–H and O–H groups in total. The number of ether oxygens (including phenoxy) is 4. The van der Waals surface area contributed by atoms with E-state index in [-0.39, 0.29) is 54.3 Å². The standard InChI is InChI=1S/C19H21FN2O6/c1-25-15-9-12(10-16(26-2)18(15)28-11-17(21)23)19(24)22-7-8-27-14-5-3-13(20)4-6-14/h3-6,9-10H,7-8,11H2,1-2H3,(H2,21,23)(H,22,24). The molecule has 0 saturated carbocycles. The van der Waals surface area contributed by atoms with E-state index in [1.54, 1.807) is 0 Å². The number of methoxy groups -OCH3 is 2. The fraction of sp³-hybridized carbons (Fsp3) is 0.263. The van der Waals surface area contributed by atoms with E-state index in [9.17, 15) is 14.0 Å². The Hall–Kier alpha value is -3.49. The zero-order chi connectivity index (χ0) is 20.5. The molecule has 2 aromatic carbocycles. The predicted molar refractivity (Wildman–Crippen MR) is 98.5 cm³/mol. The number of nitrogens with two attached hydrogens (primary N) is 1. The van der Waals surface area contributed by atoms with Crippen LogP contribution < -0.4 is 30.0 Å². The van der Waals surface area contributed by atoms with Gasteiger partial charge in [-0.15, -0.1) is 0 Å². The molecular formula is C19H21FN2O6. The van der Waals surface area contributed by atoms with E-state index in [2.05, 4.69) is 5.32 Å². The highest BCUT2D eigenvalue weighted by Gasteiger charge is 2.18. The molecule has 2 rings (SSSR count). The summed E-state index contributed by atoms with van der Waals surface area (Å²) in [6, 6.07) is 8.47. The molecule has 2 aromatic rings. The second-order valence-corrected chi connectivity index (χ2v) is 5.52. The Morgan fingerprint density at radius 1 is 1.04 bits per heavy atom. The van der Waals surface area contributed by atoms with E-state index >= 15 is 0 Å². The Morgan fingerprint density at radius 2 is 1.64 bits per heavy atom. The summed E-state index contributed by atoms with van der Waals surface area (Å²) < 4.78 is 34.0. The van der Waals surface area contributed by atoms with Gasteiger partial charge in [-0.3, -0.25) is 9.59 Å². The lowest BCUT2D eigenvalue weighted by Crippen LogP contribution is -2.28. The summed E-state index contributed by atoms with van der Waals surface area (Å²) in [5.74, 6) is -0.309. The first-order valence-electron chi connectivity index (χ1n) is 8.28. The minimum Gasteiger partial charge on any atom is -0.493 e. The number of benzene rings is 2. The maximum absolute atomic E-state index is 12.8. The van der Waals surface area contributed by atoms with E-state index in [0.29, 0.717) is 5.75 Å². The van der Waals surface area contributed by atoms with Gasteiger partial charge < -0.3 is 30.0 Å². The van der Waals surface area contributed by atoms with Gasteiger partial charge in [-0.1, -0.05) is 0 Å². The van der Waals surface area contributed by atoms with Crippen LogP contribution in [0.2, 0.25) is 0 Å². The predicted octanol–water partition coefficient (Wildman–Crippen LogP) is 1.52. The van der Waals surface area contributed by atoms with Crippen molar-refractivity contribution in [3.8, 4) is 23.0 Å². The molecule has 150 valence electrons.